The molecule has 2 bridgehead atoms. The smallest absolute Gasteiger partial charge is 0.341 e. The summed E-state index contributed by atoms with van der Waals surface area (Å²) in [5.41, 5.74) is 1.49. The lowest BCUT2D eigenvalue weighted by atomic mass is 9.78. The van der Waals surface area contributed by atoms with Crippen LogP contribution in [0, 0.1) is 23.7 Å². The van der Waals surface area contributed by atoms with Crippen LogP contribution in [-0.4, -0.2) is 29.6 Å². The third-order valence-electron chi connectivity index (χ3n) is 6.39. The summed E-state index contributed by atoms with van der Waals surface area (Å²) in [6.45, 7) is 2.05. The summed E-state index contributed by atoms with van der Waals surface area (Å²) in [6, 6.07) is 0. The maximum atomic E-state index is 13.0. The number of aliphatic carboxylic acids is 1. The van der Waals surface area contributed by atoms with Crippen molar-refractivity contribution in [2.75, 3.05) is 11.9 Å². The van der Waals surface area contributed by atoms with Crippen molar-refractivity contribution < 1.29 is 24.2 Å². The molecule has 0 saturated heterocycles. The van der Waals surface area contributed by atoms with Gasteiger partial charge in [-0.1, -0.05) is 0 Å². The van der Waals surface area contributed by atoms with Gasteiger partial charge in [-0.3, -0.25) is 9.59 Å². The molecule has 6 nitrogen and oxygen atoms in total. The molecule has 2 saturated carbocycles. The van der Waals surface area contributed by atoms with Crippen LogP contribution in [0.2, 0.25) is 0 Å². The first-order valence-electron chi connectivity index (χ1n) is 9.86. The normalized spacial score (nSPS) is 28.6. The number of fused-ring (bicyclic) bond motifs is 3. The van der Waals surface area contributed by atoms with Crippen molar-refractivity contribution in [3.63, 3.8) is 0 Å². The van der Waals surface area contributed by atoms with E-state index in [0.717, 1.165) is 55.4 Å². The van der Waals surface area contributed by atoms with Gasteiger partial charge in [0.1, 0.15) is 5.00 Å². The van der Waals surface area contributed by atoms with E-state index in [4.69, 9.17) is 4.74 Å². The molecule has 1 heterocycles. The molecule has 0 spiro atoms. The second kappa shape index (κ2) is 7.26. The minimum Gasteiger partial charge on any atom is -0.481 e. The number of amides is 1. The minimum atomic E-state index is -0.876. The number of thiophene rings is 1. The zero-order valence-electron chi connectivity index (χ0n) is 15.5. The predicted octanol–water partition coefficient (Wildman–Crippen LogP) is 3.49. The quantitative estimate of drug-likeness (QED) is 0.750. The number of hydrogen-bond donors (Lipinski definition) is 2. The summed E-state index contributed by atoms with van der Waals surface area (Å²) in [6.07, 6.45) is 6.47. The number of carboxylic acids is 1. The third-order valence-corrected chi connectivity index (χ3v) is 7.60. The molecule has 0 aromatic carbocycles. The van der Waals surface area contributed by atoms with Gasteiger partial charge in [-0.15, -0.1) is 11.3 Å². The summed E-state index contributed by atoms with van der Waals surface area (Å²) >= 11 is 1.45. The van der Waals surface area contributed by atoms with Gasteiger partial charge in [-0.05, 0) is 69.3 Å². The van der Waals surface area contributed by atoms with Crippen LogP contribution in [0.15, 0.2) is 0 Å². The number of carbonyl (C=O) groups excluding carboxylic acids is 2. The Labute approximate surface area is 162 Å². The molecule has 3 aliphatic rings. The number of nitrogens with one attached hydrogen (secondary N) is 1. The van der Waals surface area contributed by atoms with Crippen LogP contribution in [0.4, 0.5) is 5.00 Å². The second-order valence-electron chi connectivity index (χ2n) is 7.85. The van der Waals surface area contributed by atoms with Crippen molar-refractivity contribution in [3.8, 4) is 0 Å². The van der Waals surface area contributed by atoms with Gasteiger partial charge < -0.3 is 15.2 Å². The number of esters is 1. The fourth-order valence-corrected chi connectivity index (χ4v) is 6.57. The number of aryl methyl sites for hydroxylation is 1. The van der Waals surface area contributed by atoms with Crippen LogP contribution in [0.3, 0.4) is 0 Å². The molecule has 2 N–H and O–H groups in total. The van der Waals surface area contributed by atoms with E-state index < -0.39 is 23.8 Å². The topological polar surface area (TPSA) is 92.7 Å². The molecule has 7 heteroatoms. The van der Waals surface area contributed by atoms with Crippen LogP contribution in [0.5, 0.6) is 0 Å². The number of anilines is 1. The van der Waals surface area contributed by atoms with Gasteiger partial charge in [-0.2, -0.15) is 0 Å². The second-order valence-corrected chi connectivity index (χ2v) is 8.95. The summed E-state index contributed by atoms with van der Waals surface area (Å²) in [5.74, 6) is -2.40. The van der Waals surface area contributed by atoms with Crippen LogP contribution < -0.4 is 5.32 Å². The molecule has 146 valence electrons. The highest BCUT2D eigenvalue weighted by molar-refractivity contribution is 7.17. The van der Waals surface area contributed by atoms with Gasteiger partial charge in [-0.25, -0.2) is 4.79 Å². The van der Waals surface area contributed by atoms with Gasteiger partial charge in [0.15, 0.2) is 0 Å². The molecule has 1 aromatic heterocycles. The highest BCUT2D eigenvalue weighted by Crippen LogP contribution is 2.53. The molecule has 0 aliphatic heterocycles. The van der Waals surface area contributed by atoms with Gasteiger partial charge >= 0.3 is 11.9 Å². The van der Waals surface area contributed by atoms with Crippen molar-refractivity contribution in [1.82, 2.24) is 0 Å². The van der Waals surface area contributed by atoms with E-state index in [2.05, 4.69) is 5.32 Å². The minimum absolute atomic E-state index is 0.101. The molecule has 1 amide bonds. The van der Waals surface area contributed by atoms with Gasteiger partial charge in [0.25, 0.3) is 0 Å². The third kappa shape index (κ3) is 3.16. The summed E-state index contributed by atoms with van der Waals surface area (Å²) < 4.78 is 5.23. The maximum Gasteiger partial charge on any atom is 0.341 e. The van der Waals surface area contributed by atoms with Crippen LogP contribution >= 0.6 is 11.3 Å². The molecule has 4 rings (SSSR count). The zero-order chi connectivity index (χ0) is 19.1. The molecule has 27 heavy (non-hydrogen) atoms. The van der Waals surface area contributed by atoms with Crippen molar-refractivity contribution >= 4 is 34.2 Å². The Morgan fingerprint density at radius 3 is 2.56 bits per heavy atom. The van der Waals surface area contributed by atoms with Gasteiger partial charge in [0.2, 0.25) is 5.91 Å². The Bertz CT molecular complexity index is 786. The Morgan fingerprint density at radius 1 is 1.15 bits per heavy atom. The van der Waals surface area contributed by atoms with Gasteiger partial charge in [0.05, 0.1) is 24.0 Å². The predicted molar refractivity (Wildman–Crippen MR) is 101 cm³/mol. The maximum absolute atomic E-state index is 13.0. The molecular formula is C20H25NO5S. The van der Waals surface area contributed by atoms with E-state index >= 15 is 0 Å². The number of hydrogen-bond acceptors (Lipinski definition) is 5. The summed E-state index contributed by atoms with van der Waals surface area (Å²) in [5, 5.41) is 13.1. The van der Waals surface area contributed by atoms with Crippen molar-refractivity contribution in [1.29, 1.82) is 0 Å². The first-order valence-corrected chi connectivity index (χ1v) is 10.7. The highest BCUT2D eigenvalue weighted by atomic mass is 32.1. The van der Waals surface area contributed by atoms with E-state index in [1.54, 1.807) is 6.92 Å². The first kappa shape index (κ1) is 18.5. The first-order chi connectivity index (χ1) is 13.0. The zero-order valence-corrected chi connectivity index (χ0v) is 16.3. The van der Waals surface area contributed by atoms with Crippen LogP contribution in [0.25, 0.3) is 0 Å². The van der Waals surface area contributed by atoms with Crippen LogP contribution in [-0.2, 0) is 27.2 Å². The lowest BCUT2D eigenvalue weighted by molar-refractivity contribution is -0.148. The summed E-state index contributed by atoms with van der Waals surface area (Å²) in [7, 11) is 0. The molecule has 3 aliphatic carbocycles. The molecule has 2 fully saturated rings. The molecule has 0 radical (unpaired) electrons. The monoisotopic (exact) mass is 391 g/mol. The van der Waals surface area contributed by atoms with Crippen molar-refractivity contribution in [2.24, 2.45) is 23.7 Å². The highest BCUT2D eigenvalue weighted by Gasteiger charge is 2.54. The molecule has 1 aromatic rings. The number of carboxylic acid groups (broad SMARTS) is 1. The van der Waals surface area contributed by atoms with E-state index in [1.807, 2.05) is 0 Å². The molecule has 4 unspecified atom stereocenters. The molecule has 4 atom stereocenters. The Kier molecular flexibility index (Phi) is 4.97. The van der Waals surface area contributed by atoms with Crippen molar-refractivity contribution in [3.05, 3.63) is 16.0 Å². The largest absolute Gasteiger partial charge is 0.481 e. The Balaban J connectivity index is 1.62. The summed E-state index contributed by atoms with van der Waals surface area (Å²) in [4.78, 5) is 38.5. The lowest BCUT2D eigenvalue weighted by Crippen LogP contribution is -2.38. The average Bonchev–Trinajstić information content (AvgIpc) is 3.33. The lowest BCUT2D eigenvalue weighted by Gasteiger charge is -2.26. The van der Waals surface area contributed by atoms with Gasteiger partial charge in [0, 0.05) is 4.88 Å². The van der Waals surface area contributed by atoms with Crippen LogP contribution in [0.1, 0.15) is 59.8 Å². The number of carbonyl (C=O) groups is 3. The Morgan fingerprint density at radius 2 is 1.85 bits per heavy atom. The Hall–Kier alpha value is -1.89. The number of ether oxygens (including phenoxy) is 1. The van der Waals surface area contributed by atoms with E-state index in [1.165, 1.54) is 11.3 Å². The van der Waals surface area contributed by atoms with E-state index in [0.29, 0.717) is 10.6 Å². The number of rotatable bonds is 5. The average molecular weight is 391 g/mol. The standard InChI is InChI=1S/C20H25NO5S/c1-2-26-20(25)16-12-5-3-4-6-13(12)27-18(16)21-17(22)14-10-7-8-11(9-10)15(14)19(23)24/h10-11,14-15H,2-9H2,1H3,(H,21,22)(H,23,24). The fourth-order valence-electron chi connectivity index (χ4n) is 5.29. The molecular weight excluding hydrogens is 366 g/mol. The SMILES string of the molecule is CCOC(=O)c1c(NC(=O)C2C3CCC(C3)C2C(=O)O)sc2c1CCCC2. The van der Waals surface area contributed by atoms with E-state index in [9.17, 15) is 19.5 Å². The van der Waals surface area contributed by atoms with E-state index in [-0.39, 0.29) is 24.3 Å². The van der Waals surface area contributed by atoms with Crippen molar-refractivity contribution in [2.45, 2.75) is 51.9 Å². The fraction of sp³-hybridized carbons (Fsp3) is 0.650.